The molecular weight excluding hydrogens is 138 g/mol. The van der Waals surface area contributed by atoms with Gasteiger partial charge in [0.05, 0.1) is 0 Å². The van der Waals surface area contributed by atoms with Crippen LogP contribution in [0.15, 0.2) is 0 Å². The minimum Gasteiger partial charge on any atom is -0.325 e. The highest BCUT2D eigenvalue weighted by molar-refractivity contribution is 4.91. The molecule has 0 amide bonds. The second-order valence-corrected chi connectivity index (χ2v) is 3.92. The molecule has 3 nitrogen and oxygen atoms in total. The molecule has 3 heteroatoms. The first-order valence-corrected chi connectivity index (χ1v) is 4.44. The fraction of sp³-hybridized carbons (Fsp3) is 1.00. The summed E-state index contributed by atoms with van der Waals surface area (Å²) < 4.78 is 0. The predicted molar refractivity (Wildman–Crippen MR) is 45.5 cm³/mol. The molecule has 0 saturated carbocycles. The quantitative estimate of drug-likeness (QED) is 0.545. The van der Waals surface area contributed by atoms with Gasteiger partial charge in [0.15, 0.2) is 0 Å². The van der Waals surface area contributed by atoms with E-state index in [-0.39, 0.29) is 0 Å². The number of likely N-dealkylation sites (tertiary alicyclic amines) is 2. The van der Waals surface area contributed by atoms with Gasteiger partial charge in [-0.15, -0.1) is 0 Å². The Morgan fingerprint density at radius 1 is 1.27 bits per heavy atom. The molecule has 11 heavy (non-hydrogen) atoms. The van der Waals surface area contributed by atoms with Gasteiger partial charge in [0.25, 0.3) is 0 Å². The molecule has 0 radical (unpaired) electrons. The zero-order valence-corrected chi connectivity index (χ0v) is 7.16. The average Bonchev–Trinajstić information content (AvgIpc) is 2.29. The van der Waals surface area contributed by atoms with E-state index in [1.54, 1.807) is 0 Å². The lowest BCUT2D eigenvalue weighted by atomic mass is 10.1. The number of hydrogen-bond acceptors (Lipinski definition) is 3. The molecule has 2 saturated heterocycles. The van der Waals surface area contributed by atoms with Crippen molar-refractivity contribution in [2.45, 2.75) is 18.5 Å². The van der Waals surface area contributed by atoms with Crippen LogP contribution in [0, 0.1) is 0 Å². The first-order chi connectivity index (χ1) is 5.25. The van der Waals surface area contributed by atoms with Gasteiger partial charge in [-0.2, -0.15) is 0 Å². The standard InChI is InChI=1S/C8H17N3/c1-10-3-2-8(6-10)11-4-7(9)5-11/h7-8H,2-6,9H2,1H3. The smallest absolute Gasteiger partial charge is 0.0297 e. The monoisotopic (exact) mass is 155 g/mol. The Kier molecular flexibility index (Phi) is 1.87. The molecule has 2 aliphatic rings. The predicted octanol–water partition coefficient (Wildman–Crippen LogP) is -0.667. The van der Waals surface area contributed by atoms with Crippen molar-refractivity contribution in [3.05, 3.63) is 0 Å². The van der Waals surface area contributed by atoms with Crippen LogP contribution in [0.3, 0.4) is 0 Å². The second kappa shape index (κ2) is 2.73. The summed E-state index contributed by atoms with van der Waals surface area (Å²) in [7, 11) is 2.19. The summed E-state index contributed by atoms with van der Waals surface area (Å²) in [6.45, 7) is 4.75. The highest BCUT2D eigenvalue weighted by Crippen LogP contribution is 2.18. The zero-order valence-electron chi connectivity index (χ0n) is 7.16. The number of rotatable bonds is 1. The van der Waals surface area contributed by atoms with E-state index in [9.17, 15) is 0 Å². The van der Waals surface area contributed by atoms with Gasteiger partial charge in [-0.1, -0.05) is 0 Å². The van der Waals surface area contributed by atoms with Crippen molar-refractivity contribution in [1.29, 1.82) is 0 Å². The Hall–Kier alpha value is -0.120. The van der Waals surface area contributed by atoms with Crippen LogP contribution in [0.2, 0.25) is 0 Å². The van der Waals surface area contributed by atoms with Gasteiger partial charge >= 0.3 is 0 Å². The maximum Gasteiger partial charge on any atom is 0.0297 e. The van der Waals surface area contributed by atoms with E-state index >= 15 is 0 Å². The molecule has 0 aliphatic carbocycles. The molecule has 64 valence electrons. The summed E-state index contributed by atoms with van der Waals surface area (Å²) in [5.41, 5.74) is 5.72. The lowest BCUT2D eigenvalue weighted by Gasteiger charge is -2.41. The lowest BCUT2D eigenvalue weighted by molar-refractivity contribution is 0.0984. The zero-order chi connectivity index (χ0) is 7.84. The van der Waals surface area contributed by atoms with Crippen molar-refractivity contribution in [3.63, 3.8) is 0 Å². The van der Waals surface area contributed by atoms with Gasteiger partial charge in [-0.3, -0.25) is 4.90 Å². The maximum absolute atomic E-state index is 5.72. The van der Waals surface area contributed by atoms with E-state index in [1.165, 1.54) is 19.5 Å². The molecule has 2 heterocycles. The molecule has 1 unspecified atom stereocenters. The molecule has 2 rings (SSSR count). The van der Waals surface area contributed by atoms with Crippen LogP contribution < -0.4 is 5.73 Å². The van der Waals surface area contributed by atoms with Crippen LogP contribution in [-0.4, -0.2) is 55.1 Å². The number of nitrogens with zero attached hydrogens (tertiary/aromatic N) is 2. The normalized spacial score (nSPS) is 36.0. The minimum absolute atomic E-state index is 0.459. The van der Waals surface area contributed by atoms with Crippen molar-refractivity contribution in [1.82, 2.24) is 9.80 Å². The third-order valence-electron chi connectivity index (χ3n) is 2.82. The molecule has 0 aromatic heterocycles. The molecule has 1 atom stereocenters. The summed E-state index contributed by atoms with van der Waals surface area (Å²) in [6.07, 6.45) is 1.34. The van der Waals surface area contributed by atoms with Crippen LogP contribution in [-0.2, 0) is 0 Å². The van der Waals surface area contributed by atoms with E-state index in [1.807, 2.05) is 0 Å². The number of hydrogen-bond donors (Lipinski definition) is 1. The SMILES string of the molecule is CN1CCC(N2CC(N)C2)C1. The molecule has 2 aliphatic heterocycles. The van der Waals surface area contributed by atoms with E-state index in [0.29, 0.717) is 6.04 Å². The van der Waals surface area contributed by atoms with Crippen molar-refractivity contribution >= 4 is 0 Å². The third-order valence-corrected chi connectivity index (χ3v) is 2.82. The summed E-state index contributed by atoms with van der Waals surface area (Å²) >= 11 is 0. The molecule has 2 N–H and O–H groups in total. The molecule has 0 bridgehead atoms. The van der Waals surface area contributed by atoms with Gasteiger partial charge in [0.1, 0.15) is 0 Å². The van der Waals surface area contributed by atoms with Gasteiger partial charge in [-0.05, 0) is 20.0 Å². The van der Waals surface area contributed by atoms with E-state index in [2.05, 4.69) is 16.8 Å². The van der Waals surface area contributed by atoms with Crippen molar-refractivity contribution < 1.29 is 0 Å². The van der Waals surface area contributed by atoms with Gasteiger partial charge in [0, 0.05) is 31.7 Å². The maximum atomic E-state index is 5.72. The lowest BCUT2D eigenvalue weighted by Crippen LogP contribution is -2.59. The second-order valence-electron chi connectivity index (χ2n) is 3.92. The van der Waals surface area contributed by atoms with Crippen LogP contribution in [0.4, 0.5) is 0 Å². The highest BCUT2D eigenvalue weighted by Gasteiger charge is 2.32. The molecular formula is C8H17N3. The first kappa shape index (κ1) is 7.53. The summed E-state index contributed by atoms with van der Waals surface area (Å²) in [5, 5.41) is 0. The molecule has 0 aromatic rings. The topological polar surface area (TPSA) is 32.5 Å². The molecule has 2 fully saturated rings. The van der Waals surface area contributed by atoms with Crippen LogP contribution >= 0.6 is 0 Å². The first-order valence-electron chi connectivity index (χ1n) is 4.44. The van der Waals surface area contributed by atoms with Crippen LogP contribution in [0.1, 0.15) is 6.42 Å². The Morgan fingerprint density at radius 2 is 2.00 bits per heavy atom. The van der Waals surface area contributed by atoms with Crippen molar-refractivity contribution in [2.75, 3.05) is 33.2 Å². The minimum atomic E-state index is 0.459. The van der Waals surface area contributed by atoms with Crippen LogP contribution in [0.5, 0.6) is 0 Å². The Morgan fingerprint density at radius 3 is 2.45 bits per heavy atom. The van der Waals surface area contributed by atoms with Crippen molar-refractivity contribution in [3.8, 4) is 0 Å². The number of likely N-dealkylation sites (N-methyl/N-ethyl adjacent to an activating group) is 1. The summed E-state index contributed by atoms with van der Waals surface area (Å²) in [4.78, 5) is 4.91. The average molecular weight is 155 g/mol. The number of nitrogens with two attached hydrogens (primary N) is 1. The fourth-order valence-electron chi connectivity index (χ4n) is 2.06. The Balaban J connectivity index is 1.79. The van der Waals surface area contributed by atoms with E-state index < -0.39 is 0 Å². The van der Waals surface area contributed by atoms with E-state index in [0.717, 1.165) is 19.1 Å². The van der Waals surface area contributed by atoms with Gasteiger partial charge < -0.3 is 10.6 Å². The van der Waals surface area contributed by atoms with Gasteiger partial charge in [0.2, 0.25) is 0 Å². The van der Waals surface area contributed by atoms with Crippen LogP contribution in [0.25, 0.3) is 0 Å². The molecule has 0 aromatic carbocycles. The largest absolute Gasteiger partial charge is 0.325 e. The Labute approximate surface area is 68.1 Å². The summed E-state index contributed by atoms with van der Waals surface area (Å²) in [5.74, 6) is 0. The summed E-state index contributed by atoms with van der Waals surface area (Å²) in [6, 6.07) is 1.26. The van der Waals surface area contributed by atoms with Gasteiger partial charge in [-0.25, -0.2) is 0 Å². The van der Waals surface area contributed by atoms with E-state index in [4.69, 9.17) is 5.73 Å². The molecule has 0 spiro atoms. The van der Waals surface area contributed by atoms with Crippen molar-refractivity contribution in [2.24, 2.45) is 5.73 Å². The third kappa shape index (κ3) is 1.41. The Bertz CT molecular complexity index is 142. The fourth-order valence-corrected chi connectivity index (χ4v) is 2.06. The highest BCUT2D eigenvalue weighted by atomic mass is 15.3.